The average Bonchev–Trinajstić information content (AvgIpc) is 2.89. The van der Waals surface area contributed by atoms with Gasteiger partial charge < -0.3 is 0 Å². The van der Waals surface area contributed by atoms with Gasteiger partial charge >= 0.3 is 0 Å². The van der Waals surface area contributed by atoms with Gasteiger partial charge in [0.2, 0.25) is 0 Å². The summed E-state index contributed by atoms with van der Waals surface area (Å²) in [5.74, 6) is 0. The zero-order chi connectivity index (χ0) is 12.4. The smallest absolute Gasteiger partial charge is 0.0568 e. The van der Waals surface area contributed by atoms with Crippen molar-refractivity contribution in [3.8, 4) is 11.1 Å². The predicted octanol–water partition coefficient (Wildman–Crippen LogP) is 4.82. The minimum atomic E-state index is 0.611. The van der Waals surface area contributed by atoms with Gasteiger partial charge in [-0.25, -0.2) is 0 Å². The van der Waals surface area contributed by atoms with Crippen LogP contribution in [-0.2, 0) is 0 Å². The lowest BCUT2D eigenvalue weighted by molar-refractivity contribution is 0.329. The van der Waals surface area contributed by atoms with Crippen LogP contribution >= 0.6 is 15.9 Å². The Labute approximate surface area is 116 Å². The number of aromatic nitrogens is 2. The number of hydrogen-bond donors (Lipinski definition) is 0. The van der Waals surface area contributed by atoms with Gasteiger partial charge in [0, 0.05) is 16.2 Å². The van der Waals surface area contributed by atoms with E-state index in [1.54, 1.807) is 0 Å². The molecule has 1 aliphatic carbocycles. The van der Waals surface area contributed by atoms with Crippen molar-refractivity contribution in [1.29, 1.82) is 0 Å². The monoisotopic (exact) mass is 304 g/mol. The van der Waals surface area contributed by atoms with Gasteiger partial charge in [0.25, 0.3) is 0 Å². The predicted molar refractivity (Wildman–Crippen MR) is 77.5 cm³/mol. The topological polar surface area (TPSA) is 17.8 Å². The molecule has 1 aliphatic rings. The molecule has 0 aliphatic heterocycles. The van der Waals surface area contributed by atoms with Crippen LogP contribution in [0, 0.1) is 0 Å². The van der Waals surface area contributed by atoms with Crippen LogP contribution in [-0.4, -0.2) is 9.78 Å². The highest BCUT2D eigenvalue weighted by molar-refractivity contribution is 9.10. The third-order valence-corrected chi connectivity index (χ3v) is 4.20. The molecule has 3 rings (SSSR count). The van der Waals surface area contributed by atoms with Gasteiger partial charge in [-0.05, 0) is 30.5 Å². The minimum absolute atomic E-state index is 0.611. The van der Waals surface area contributed by atoms with E-state index < -0.39 is 0 Å². The molecular formula is C15H17BrN2. The summed E-state index contributed by atoms with van der Waals surface area (Å²) in [6.45, 7) is 0. The molecule has 18 heavy (non-hydrogen) atoms. The molecule has 94 valence electrons. The van der Waals surface area contributed by atoms with Crippen LogP contribution in [0.15, 0.2) is 41.1 Å². The van der Waals surface area contributed by atoms with Crippen molar-refractivity contribution < 1.29 is 0 Å². The molecule has 3 heteroatoms. The number of rotatable bonds is 2. The van der Waals surface area contributed by atoms with Gasteiger partial charge in [-0.1, -0.05) is 47.3 Å². The highest BCUT2D eigenvalue weighted by Crippen LogP contribution is 2.29. The molecule has 1 fully saturated rings. The Bertz CT molecular complexity index is 527. The van der Waals surface area contributed by atoms with Gasteiger partial charge in [0.15, 0.2) is 0 Å². The van der Waals surface area contributed by atoms with Crippen molar-refractivity contribution in [2.75, 3.05) is 0 Å². The maximum absolute atomic E-state index is 4.55. The molecule has 0 saturated heterocycles. The maximum Gasteiger partial charge on any atom is 0.0568 e. The second kappa shape index (κ2) is 5.27. The highest BCUT2D eigenvalue weighted by Gasteiger charge is 2.16. The first-order chi connectivity index (χ1) is 8.83. The SMILES string of the molecule is Brc1cccc(-c2cnn(C3CCCCC3)c2)c1. The molecule has 0 bridgehead atoms. The van der Waals surface area contributed by atoms with Crippen LogP contribution in [0.1, 0.15) is 38.1 Å². The van der Waals surface area contributed by atoms with E-state index in [1.807, 2.05) is 6.20 Å². The number of halogens is 1. The zero-order valence-electron chi connectivity index (χ0n) is 10.3. The molecule has 0 unspecified atom stereocenters. The Morgan fingerprint density at radius 1 is 1.11 bits per heavy atom. The molecule has 0 N–H and O–H groups in total. The molecule has 2 aromatic rings. The summed E-state index contributed by atoms with van der Waals surface area (Å²) >= 11 is 3.52. The first kappa shape index (κ1) is 12.0. The maximum atomic E-state index is 4.55. The second-order valence-electron chi connectivity index (χ2n) is 5.01. The Morgan fingerprint density at radius 2 is 1.94 bits per heavy atom. The Morgan fingerprint density at radius 3 is 2.72 bits per heavy atom. The molecule has 0 atom stereocenters. The van der Waals surface area contributed by atoms with E-state index in [4.69, 9.17) is 0 Å². The van der Waals surface area contributed by atoms with E-state index in [0.29, 0.717) is 6.04 Å². The summed E-state index contributed by atoms with van der Waals surface area (Å²) in [6.07, 6.45) is 10.8. The zero-order valence-corrected chi connectivity index (χ0v) is 11.9. The van der Waals surface area contributed by atoms with E-state index in [1.165, 1.54) is 43.2 Å². The van der Waals surface area contributed by atoms with Crippen molar-refractivity contribution in [2.24, 2.45) is 0 Å². The van der Waals surface area contributed by atoms with E-state index in [2.05, 4.69) is 56.2 Å². The molecule has 0 amide bonds. The summed E-state index contributed by atoms with van der Waals surface area (Å²) in [7, 11) is 0. The van der Waals surface area contributed by atoms with E-state index in [-0.39, 0.29) is 0 Å². The summed E-state index contributed by atoms with van der Waals surface area (Å²) in [6, 6.07) is 9.00. The largest absolute Gasteiger partial charge is 0.269 e. The Balaban J connectivity index is 1.84. The van der Waals surface area contributed by atoms with E-state index in [0.717, 1.165) is 4.47 Å². The first-order valence-electron chi connectivity index (χ1n) is 6.63. The van der Waals surface area contributed by atoms with Crippen molar-refractivity contribution in [3.05, 3.63) is 41.1 Å². The fraction of sp³-hybridized carbons (Fsp3) is 0.400. The Hall–Kier alpha value is -1.09. The van der Waals surface area contributed by atoms with Crippen LogP contribution in [0.4, 0.5) is 0 Å². The molecule has 0 radical (unpaired) electrons. The molecule has 0 spiro atoms. The van der Waals surface area contributed by atoms with Crippen LogP contribution in [0.25, 0.3) is 11.1 Å². The van der Waals surface area contributed by atoms with Crippen LogP contribution in [0.3, 0.4) is 0 Å². The van der Waals surface area contributed by atoms with Crippen molar-refractivity contribution in [2.45, 2.75) is 38.1 Å². The van der Waals surface area contributed by atoms with Gasteiger partial charge in [-0.3, -0.25) is 4.68 Å². The molecule has 1 aromatic heterocycles. The van der Waals surface area contributed by atoms with Crippen molar-refractivity contribution in [1.82, 2.24) is 9.78 Å². The summed E-state index contributed by atoms with van der Waals surface area (Å²) in [5.41, 5.74) is 2.44. The number of benzene rings is 1. The van der Waals surface area contributed by atoms with Crippen LogP contribution in [0.2, 0.25) is 0 Å². The summed E-state index contributed by atoms with van der Waals surface area (Å²) in [5, 5.41) is 4.55. The normalized spacial score (nSPS) is 16.9. The fourth-order valence-corrected chi connectivity index (χ4v) is 3.10. The lowest BCUT2D eigenvalue weighted by Crippen LogP contribution is -2.12. The van der Waals surface area contributed by atoms with Gasteiger partial charge in [0.05, 0.1) is 12.2 Å². The molecule has 1 aromatic carbocycles. The van der Waals surface area contributed by atoms with E-state index >= 15 is 0 Å². The van der Waals surface area contributed by atoms with Gasteiger partial charge in [-0.2, -0.15) is 5.10 Å². The molecule has 1 saturated carbocycles. The first-order valence-corrected chi connectivity index (χ1v) is 7.42. The lowest BCUT2D eigenvalue weighted by atomic mass is 9.96. The second-order valence-corrected chi connectivity index (χ2v) is 5.93. The highest BCUT2D eigenvalue weighted by atomic mass is 79.9. The van der Waals surface area contributed by atoms with Crippen molar-refractivity contribution in [3.63, 3.8) is 0 Å². The summed E-state index contributed by atoms with van der Waals surface area (Å²) in [4.78, 5) is 0. The van der Waals surface area contributed by atoms with E-state index in [9.17, 15) is 0 Å². The average molecular weight is 305 g/mol. The quantitative estimate of drug-likeness (QED) is 0.778. The van der Waals surface area contributed by atoms with Gasteiger partial charge in [-0.15, -0.1) is 0 Å². The standard InChI is InChI=1S/C15H17BrN2/c16-14-6-4-5-12(9-14)13-10-17-18(11-13)15-7-2-1-3-8-15/h4-6,9-11,15H,1-3,7-8H2. The number of nitrogens with zero attached hydrogens (tertiary/aromatic N) is 2. The number of hydrogen-bond acceptors (Lipinski definition) is 1. The molecular weight excluding hydrogens is 288 g/mol. The van der Waals surface area contributed by atoms with Crippen molar-refractivity contribution >= 4 is 15.9 Å². The Kier molecular flexibility index (Phi) is 3.50. The third kappa shape index (κ3) is 2.51. The van der Waals surface area contributed by atoms with Gasteiger partial charge in [0.1, 0.15) is 0 Å². The fourth-order valence-electron chi connectivity index (χ4n) is 2.70. The summed E-state index contributed by atoms with van der Waals surface area (Å²) < 4.78 is 3.28. The lowest BCUT2D eigenvalue weighted by Gasteiger charge is -2.21. The van der Waals surface area contributed by atoms with Crippen LogP contribution in [0.5, 0.6) is 0 Å². The third-order valence-electron chi connectivity index (χ3n) is 3.71. The minimum Gasteiger partial charge on any atom is -0.269 e. The molecule has 2 nitrogen and oxygen atoms in total. The van der Waals surface area contributed by atoms with Crippen LogP contribution < -0.4 is 0 Å². The molecule has 1 heterocycles.